The molecule has 6 heteroatoms. The topological polar surface area (TPSA) is 63.6 Å². The highest BCUT2D eigenvalue weighted by Gasteiger charge is 2.12. The van der Waals surface area contributed by atoms with E-state index in [2.05, 4.69) is 19.5 Å². The van der Waals surface area contributed by atoms with Gasteiger partial charge in [-0.05, 0) is 31.5 Å². The lowest BCUT2D eigenvalue weighted by Crippen LogP contribution is -2.13. The molecule has 0 aliphatic rings. The summed E-state index contributed by atoms with van der Waals surface area (Å²) in [5.41, 5.74) is 3.07. The Labute approximate surface area is 136 Å². The van der Waals surface area contributed by atoms with E-state index in [9.17, 15) is 4.79 Å². The van der Waals surface area contributed by atoms with Crippen molar-refractivity contribution in [2.75, 3.05) is 0 Å². The average molecular weight is 324 g/mol. The zero-order valence-corrected chi connectivity index (χ0v) is 13.8. The van der Waals surface area contributed by atoms with Crippen LogP contribution in [0.5, 0.6) is 0 Å². The molecule has 23 heavy (non-hydrogen) atoms. The van der Waals surface area contributed by atoms with Crippen LogP contribution in [-0.4, -0.2) is 19.5 Å². The molecule has 1 aromatic carbocycles. The molecule has 3 heterocycles. The monoisotopic (exact) mass is 324 g/mol. The Morgan fingerprint density at radius 2 is 2.09 bits per heavy atom. The maximum atomic E-state index is 12.3. The molecule has 0 amide bonds. The second-order valence-electron chi connectivity index (χ2n) is 5.65. The Morgan fingerprint density at radius 1 is 1.26 bits per heavy atom. The number of aromatic nitrogens is 4. The molecule has 0 fully saturated rings. The summed E-state index contributed by atoms with van der Waals surface area (Å²) in [7, 11) is 0. The number of nitrogens with one attached hydrogen (secondary N) is 1. The Morgan fingerprint density at radius 3 is 2.96 bits per heavy atom. The summed E-state index contributed by atoms with van der Waals surface area (Å²) in [6.07, 6.45) is 2.50. The number of para-hydroxylation sites is 2. The summed E-state index contributed by atoms with van der Waals surface area (Å²) in [6.45, 7) is 4.74. The number of aromatic amines is 1. The first-order valence-electron chi connectivity index (χ1n) is 7.52. The van der Waals surface area contributed by atoms with Crippen LogP contribution in [0.15, 0.2) is 35.4 Å². The number of thiophene rings is 1. The van der Waals surface area contributed by atoms with Gasteiger partial charge in [-0.2, -0.15) is 0 Å². The summed E-state index contributed by atoms with van der Waals surface area (Å²) >= 11 is 1.58. The first kappa shape index (κ1) is 14.1. The van der Waals surface area contributed by atoms with Crippen LogP contribution in [0.1, 0.15) is 16.3 Å². The van der Waals surface area contributed by atoms with E-state index >= 15 is 0 Å². The Bertz CT molecular complexity index is 1070. The van der Waals surface area contributed by atoms with Gasteiger partial charge >= 0.3 is 0 Å². The normalized spacial score (nSPS) is 11.6. The van der Waals surface area contributed by atoms with Gasteiger partial charge in [0.05, 0.1) is 22.7 Å². The molecule has 4 aromatic rings. The van der Waals surface area contributed by atoms with Crippen molar-refractivity contribution < 1.29 is 0 Å². The lowest BCUT2D eigenvalue weighted by atomic mass is 10.2. The predicted molar refractivity (Wildman–Crippen MR) is 93.2 cm³/mol. The number of imidazole rings is 1. The molecule has 1 N–H and O–H groups in total. The summed E-state index contributed by atoms with van der Waals surface area (Å²) < 4.78 is 2.09. The van der Waals surface area contributed by atoms with Crippen LogP contribution in [0.2, 0.25) is 0 Å². The molecule has 0 bridgehead atoms. The van der Waals surface area contributed by atoms with E-state index in [4.69, 9.17) is 0 Å². The fourth-order valence-electron chi connectivity index (χ4n) is 2.83. The summed E-state index contributed by atoms with van der Waals surface area (Å²) in [6, 6.07) is 8.03. The van der Waals surface area contributed by atoms with Gasteiger partial charge in [0.1, 0.15) is 10.7 Å². The molecule has 0 saturated carbocycles. The van der Waals surface area contributed by atoms with Gasteiger partial charge in [0, 0.05) is 17.8 Å². The van der Waals surface area contributed by atoms with Crippen LogP contribution in [-0.2, 0) is 13.0 Å². The molecule has 0 aliphatic carbocycles. The molecule has 3 aromatic heterocycles. The SMILES string of the molecule is Cc1sc2nc(CCn3cnc4ccccc43)[nH]c(=O)c2c1C. The van der Waals surface area contributed by atoms with Crippen molar-refractivity contribution in [3.63, 3.8) is 0 Å². The van der Waals surface area contributed by atoms with Gasteiger partial charge in [0.2, 0.25) is 0 Å². The molecule has 0 atom stereocenters. The van der Waals surface area contributed by atoms with Gasteiger partial charge in [0.15, 0.2) is 0 Å². The molecular formula is C17H16N4OS. The van der Waals surface area contributed by atoms with E-state index in [1.54, 1.807) is 11.3 Å². The third-order valence-corrected chi connectivity index (χ3v) is 5.31. The molecule has 0 radical (unpaired) electrons. The van der Waals surface area contributed by atoms with Crippen molar-refractivity contribution in [2.45, 2.75) is 26.8 Å². The van der Waals surface area contributed by atoms with Crippen LogP contribution < -0.4 is 5.56 Å². The van der Waals surface area contributed by atoms with Crippen molar-refractivity contribution >= 4 is 32.6 Å². The number of rotatable bonds is 3. The fourth-order valence-corrected chi connectivity index (χ4v) is 3.88. The van der Waals surface area contributed by atoms with Crippen LogP contribution >= 0.6 is 11.3 Å². The number of hydrogen-bond donors (Lipinski definition) is 1. The smallest absolute Gasteiger partial charge is 0.259 e. The number of H-pyrrole nitrogens is 1. The minimum Gasteiger partial charge on any atom is -0.330 e. The third kappa shape index (κ3) is 2.35. The van der Waals surface area contributed by atoms with Gasteiger partial charge in [-0.25, -0.2) is 9.97 Å². The molecule has 116 valence electrons. The van der Waals surface area contributed by atoms with Crippen molar-refractivity contribution in [2.24, 2.45) is 0 Å². The van der Waals surface area contributed by atoms with Crippen molar-refractivity contribution in [3.8, 4) is 0 Å². The fraction of sp³-hybridized carbons (Fsp3) is 0.235. The largest absolute Gasteiger partial charge is 0.330 e. The Hall–Kier alpha value is -2.47. The Kier molecular flexibility index (Phi) is 3.27. The maximum absolute atomic E-state index is 12.3. The van der Waals surface area contributed by atoms with Crippen molar-refractivity contribution in [1.82, 2.24) is 19.5 Å². The van der Waals surface area contributed by atoms with Crippen LogP contribution in [0.3, 0.4) is 0 Å². The molecule has 5 nitrogen and oxygen atoms in total. The van der Waals surface area contributed by atoms with Crippen molar-refractivity contribution in [1.29, 1.82) is 0 Å². The van der Waals surface area contributed by atoms with Crippen molar-refractivity contribution in [3.05, 3.63) is 57.2 Å². The number of nitrogens with zero attached hydrogens (tertiary/aromatic N) is 3. The van der Waals surface area contributed by atoms with Crippen LogP contribution in [0.25, 0.3) is 21.3 Å². The zero-order valence-electron chi connectivity index (χ0n) is 13.0. The summed E-state index contributed by atoms with van der Waals surface area (Å²) in [5, 5.41) is 0.726. The maximum Gasteiger partial charge on any atom is 0.259 e. The number of benzene rings is 1. The minimum atomic E-state index is -0.0395. The zero-order chi connectivity index (χ0) is 16.0. The van der Waals surface area contributed by atoms with E-state index < -0.39 is 0 Å². The van der Waals surface area contributed by atoms with Gasteiger partial charge in [-0.1, -0.05) is 12.1 Å². The lowest BCUT2D eigenvalue weighted by molar-refractivity contribution is 0.689. The molecule has 4 rings (SSSR count). The summed E-state index contributed by atoms with van der Waals surface area (Å²) in [4.78, 5) is 26.2. The van der Waals surface area contributed by atoms with E-state index in [-0.39, 0.29) is 5.56 Å². The highest BCUT2D eigenvalue weighted by molar-refractivity contribution is 7.18. The summed E-state index contributed by atoms with van der Waals surface area (Å²) in [5.74, 6) is 0.724. The molecule has 0 spiro atoms. The molecule has 0 unspecified atom stereocenters. The standard InChI is InChI=1S/C17H16N4OS/c1-10-11(2)23-17-15(10)16(22)19-14(20-17)7-8-21-9-18-12-5-3-4-6-13(12)21/h3-6,9H,7-8H2,1-2H3,(H,19,20,22). The van der Waals surface area contributed by atoms with Crippen LogP contribution in [0.4, 0.5) is 0 Å². The van der Waals surface area contributed by atoms with Crippen LogP contribution in [0, 0.1) is 13.8 Å². The second kappa shape index (κ2) is 5.31. The first-order chi connectivity index (χ1) is 11.1. The highest BCUT2D eigenvalue weighted by atomic mass is 32.1. The van der Waals surface area contributed by atoms with E-state index in [0.717, 1.165) is 44.1 Å². The van der Waals surface area contributed by atoms with Gasteiger partial charge in [-0.15, -0.1) is 11.3 Å². The highest BCUT2D eigenvalue weighted by Crippen LogP contribution is 2.25. The molecular weight excluding hydrogens is 308 g/mol. The van der Waals surface area contributed by atoms with Gasteiger partial charge in [0.25, 0.3) is 5.56 Å². The first-order valence-corrected chi connectivity index (χ1v) is 8.34. The second-order valence-corrected chi connectivity index (χ2v) is 6.86. The minimum absolute atomic E-state index is 0.0395. The van der Waals surface area contributed by atoms with E-state index in [1.165, 1.54) is 0 Å². The number of hydrogen-bond acceptors (Lipinski definition) is 4. The number of aryl methyl sites for hydroxylation is 4. The van der Waals surface area contributed by atoms with E-state index in [0.29, 0.717) is 6.42 Å². The molecule has 0 saturated heterocycles. The molecule has 0 aliphatic heterocycles. The van der Waals surface area contributed by atoms with Gasteiger partial charge in [-0.3, -0.25) is 4.79 Å². The number of fused-ring (bicyclic) bond motifs is 2. The van der Waals surface area contributed by atoms with E-state index in [1.807, 2.05) is 44.4 Å². The van der Waals surface area contributed by atoms with Gasteiger partial charge < -0.3 is 9.55 Å². The lowest BCUT2D eigenvalue weighted by Gasteiger charge is -2.04. The Balaban J connectivity index is 1.67. The quantitative estimate of drug-likeness (QED) is 0.629. The average Bonchev–Trinajstić information content (AvgIpc) is 3.07. The third-order valence-electron chi connectivity index (χ3n) is 4.20. The predicted octanol–water partition coefficient (Wildman–Crippen LogP) is 3.19.